The normalized spacial score (nSPS) is 12.9. The van der Waals surface area contributed by atoms with Gasteiger partial charge in [0.2, 0.25) is 0 Å². The van der Waals surface area contributed by atoms with Crippen LogP contribution in [0, 0.1) is 12.7 Å². The second kappa shape index (κ2) is 8.38. The lowest BCUT2D eigenvalue weighted by atomic mass is 10.1. The molecule has 0 heterocycles. The molecule has 0 bridgehead atoms. The molecule has 0 saturated carbocycles. The van der Waals surface area contributed by atoms with E-state index in [4.69, 9.17) is 0 Å². The predicted molar refractivity (Wildman–Crippen MR) is 67.9 cm³/mol. The molecular weight excluding hydrogens is 320 g/mol. The van der Waals surface area contributed by atoms with Crippen LogP contribution in [0.5, 0.6) is 0 Å². The third kappa shape index (κ3) is 6.04. The largest absolute Gasteiger partial charge is 0.402 e. The number of alkyl halides is 5. The third-order valence-corrected chi connectivity index (χ3v) is 3.31. The van der Waals surface area contributed by atoms with Crippen LogP contribution in [0.1, 0.15) is 31.4 Å². The van der Waals surface area contributed by atoms with Crippen molar-refractivity contribution >= 4 is 11.0 Å². The van der Waals surface area contributed by atoms with E-state index >= 15 is 0 Å². The summed E-state index contributed by atoms with van der Waals surface area (Å²) < 4.78 is 87.4. The first-order chi connectivity index (χ1) is 9.63. The number of hydrogen-bond donors (Lipinski definition) is 1. The fourth-order valence-corrected chi connectivity index (χ4v) is 2.22. The second-order valence-electron chi connectivity index (χ2n) is 3.61. The van der Waals surface area contributed by atoms with Gasteiger partial charge in [-0.15, -0.1) is 0 Å². The van der Waals surface area contributed by atoms with Crippen LogP contribution in [0.2, 0.25) is 0 Å². The molecule has 2 nitrogen and oxygen atoms in total. The fraction of sp³-hybridized carbons (Fsp3) is 0.500. The lowest BCUT2D eigenvalue weighted by Gasteiger charge is -2.12. The molecule has 1 N–H and O–H groups in total. The van der Waals surface area contributed by atoms with Crippen molar-refractivity contribution in [2.24, 2.45) is 0 Å². The summed E-state index contributed by atoms with van der Waals surface area (Å²) in [6.45, 7) is 3.61. The molecule has 0 amide bonds. The van der Waals surface area contributed by atoms with Crippen LogP contribution >= 0.6 is 0 Å². The fourth-order valence-electron chi connectivity index (χ4n) is 1.31. The van der Waals surface area contributed by atoms with Gasteiger partial charge in [0, 0.05) is 0 Å². The summed E-state index contributed by atoms with van der Waals surface area (Å²) in [6, 6.07) is 1.99. The molecule has 0 radical (unpaired) electrons. The Bertz CT molecular complexity index is 489. The first-order valence-corrected chi connectivity index (χ1v) is 7.07. The minimum absolute atomic E-state index is 0.0657. The summed E-state index contributed by atoms with van der Waals surface area (Å²) in [5.41, 5.74) is -1.02. The second-order valence-corrected chi connectivity index (χ2v) is 4.88. The predicted octanol–water partition coefficient (Wildman–Crippen LogP) is 4.27. The van der Waals surface area contributed by atoms with Gasteiger partial charge in [-0.05, 0) is 18.6 Å². The highest BCUT2D eigenvalue weighted by atomic mass is 32.2. The molecule has 1 rings (SSSR count). The Labute approximate surface area is 121 Å². The highest BCUT2D eigenvalue weighted by molar-refractivity contribution is 7.83. The summed E-state index contributed by atoms with van der Waals surface area (Å²) in [6.07, 6.45) is -7.78. The van der Waals surface area contributed by atoms with Crippen LogP contribution in [-0.2, 0) is 11.0 Å². The molecule has 0 spiro atoms. The average Bonchev–Trinajstić information content (AvgIpc) is 2.37. The smallest absolute Gasteiger partial charge is 0.237 e. The minimum atomic E-state index is -4.64. The minimum Gasteiger partial charge on any atom is -0.237 e. The highest BCUT2D eigenvalue weighted by Gasteiger charge is 2.29. The Morgan fingerprint density at radius 2 is 1.76 bits per heavy atom. The van der Waals surface area contributed by atoms with Crippen molar-refractivity contribution < 1.29 is 30.6 Å². The zero-order valence-corrected chi connectivity index (χ0v) is 12.3. The Kier molecular flexibility index (Phi) is 7.94. The van der Waals surface area contributed by atoms with Gasteiger partial charge in [0.05, 0.1) is 10.5 Å². The summed E-state index contributed by atoms with van der Waals surface area (Å²) in [5.74, 6) is -1.46. The van der Waals surface area contributed by atoms with Gasteiger partial charge in [-0.25, -0.2) is 22.1 Å². The molecule has 9 heteroatoms. The Balaban J connectivity index is 0.00000191. The molecule has 0 fully saturated rings. The summed E-state index contributed by atoms with van der Waals surface area (Å²) in [5, 5.41) is 0. The Morgan fingerprint density at radius 1 is 1.24 bits per heavy atom. The summed E-state index contributed by atoms with van der Waals surface area (Å²) in [4.78, 5) is -0.731. The van der Waals surface area contributed by atoms with Crippen molar-refractivity contribution in [2.45, 2.75) is 38.3 Å². The van der Waals surface area contributed by atoms with E-state index in [0.717, 1.165) is 12.1 Å². The van der Waals surface area contributed by atoms with Gasteiger partial charge in [0.1, 0.15) is 23.3 Å². The van der Waals surface area contributed by atoms with E-state index < -0.39 is 46.4 Å². The van der Waals surface area contributed by atoms with Crippen LogP contribution in [-0.4, -0.2) is 16.9 Å². The van der Waals surface area contributed by atoms with Gasteiger partial charge in [-0.2, -0.15) is 13.2 Å². The molecule has 1 atom stereocenters. The van der Waals surface area contributed by atoms with Crippen molar-refractivity contribution in [1.29, 1.82) is 0 Å². The third-order valence-electron chi connectivity index (χ3n) is 2.18. The van der Waals surface area contributed by atoms with E-state index in [1.807, 2.05) is 13.8 Å². The van der Waals surface area contributed by atoms with E-state index in [2.05, 4.69) is 0 Å². The van der Waals surface area contributed by atoms with Crippen LogP contribution < -0.4 is 4.72 Å². The molecule has 122 valence electrons. The van der Waals surface area contributed by atoms with E-state index in [1.165, 1.54) is 11.6 Å². The SMILES string of the molecule is CC.Cc1ccc(S(=O)NCC(F)(F)F)c(F)c1C(F)F. The van der Waals surface area contributed by atoms with Crippen LogP contribution in [0.15, 0.2) is 17.0 Å². The Morgan fingerprint density at radius 3 is 2.19 bits per heavy atom. The number of hydrogen-bond acceptors (Lipinski definition) is 1. The van der Waals surface area contributed by atoms with Gasteiger partial charge in [-0.3, -0.25) is 0 Å². The maximum Gasteiger partial charge on any atom is 0.402 e. The quantitative estimate of drug-likeness (QED) is 0.818. The Hall–Kier alpha value is -1.09. The van der Waals surface area contributed by atoms with Crippen molar-refractivity contribution in [2.75, 3.05) is 6.54 Å². The topological polar surface area (TPSA) is 29.1 Å². The van der Waals surface area contributed by atoms with Crippen molar-refractivity contribution in [3.05, 3.63) is 29.1 Å². The maximum atomic E-state index is 13.7. The lowest BCUT2D eigenvalue weighted by Crippen LogP contribution is -2.30. The van der Waals surface area contributed by atoms with E-state index in [0.29, 0.717) is 0 Å². The van der Waals surface area contributed by atoms with Gasteiger partial charge in [0.15, 0.2) is 0 Å². The molecule has 1 aromatic carbocycles. The van der Waals surface area contributed by atoms with E-state index in [1.54, 1.807) is 0 Å². The number of aryl methyl sites for hydroxylation is 1. The van der Waals surface area contributed by atoms with Crippen LogP contribution in [0.3, 0.4) is 0 Å². The van der Waals surface area contributed by atoms with Gasteiger partial charge >= 0.3 is 6.18 Å². The number of rotatable bonds is 4. The molecule has 0 aliphatic rings. The van der Waals surface area contributed by atoms with Gasteiger partial charge in [0.25, 0.3) is 6.43 Å². The zero-order chi connectivity index (χ0) is 16.8. The van der Waals surface area contributed by atoms with Crippen LogP contribution in [0.4, 0.5) is 26.3 Å². The first-order valence-electron chi connectivity index (χ1n) is 5.92. The molecule has 1 aromatic rings. The van der Waals surface area contributed by atoms with E-state index in [9.17, 15) is 30.6 Å². The highest BCUT2D eigenvalue weighted by Crippen LogP contribution is 2.28. The summed E-state index contributed by atoms with van der Waals surface area (Å²) in [7, 11) is -2.55. The van der Waals surface area contributed by atoms with Crippen molar-refractivity contribution in [3.63, 3.8) is 0 Å². The van der Waals surface area contributed by atoms with Crippen molar-refractivity contribution in [3.8, 4) is 0 Å². The average molecular weight is 335 g/mol. The lowest BCUT2D eigenvalue weighted by molar-refractivity contribution is -0.121. The van der Waals surface area contributed by atoms with Crippen molar-refractivity contribution in [1.82, 2.24) is 4.72 Å². The van der Waals surface area contributed by atoms with Gasteiger partial charge < -0.3 is 0 Å². The number of nitrogens with one attached hydrogen (secondary N) is 1. The first kappa shape index (κ1) is 19.9. The zero-order valence-electron chi connectivity index (χ0n) is 11.5. The molecule has 0 aliphatic heterocycles. The summed E-state index contributed by atoms with van der Waals surface area (Å²) >= 11 is 0. The molecule has 0 aromatic heterocycles. The standard InChI is InChI=1S/C10H9F6NOS.C2H6/c1-5-2-3-6(8(11)7(5)9(12)13)19(18)17-4-10(14,15)16;1-2/h2-3,9,17H,4H2,1H3;1-2H3. The maximum absolute atomic E-state index is 13.7. The molecule has 0 saturated heterocycles. The molecule has 1 unspecified atom stereocenters. The molecular formula is C12H15F6NOS. The molecule has 21 heavy (non-hydrogen) atoms. The molecule has 0 aliphatic carbocycles. The van der Waals surface area contributed by atoms with Crippen LogP contribution in [0.25, 0.3) is 0 Å². The monoisotopic (exact) mass is 335 g/mol. The van der Waals surface area contributed by atoms with Gasteiger partial charge in [-0.1, -0.05) is 19.9 Å². The number of halogens is 6. The van der Waals surface area contributed by atoms with E-state index in [-0.39, 0.29) is 5.56 Å². The number of benzene rings is 1.